The molecule has 1 atom stereocenters. The minimum atomic E-state index is -2.90. The van der Waals surface area contributed by atoms with Crippen LogP contribution in [0.5, 0.6) is 0 Å². The normalized spacial score (nSPS) is 22.3. The van der Waals surface area contributed by atoms with Gasteiger partial charge in [-0.15, -0.1) is 0 Å². The lowest BCUT2D eigenvalue weighted by Gasteiger charge is -2.00. The van der Waals surface area contributed by atoms with Gasteiger partial charge < -0.3 is 4.40 Å². The van der Waals surface area contributed by atoms with Gasteiger partial charge in [-0.25, -0.2) is 13.4 Å². The number of pyridine rings is 1. The van der Waals surface area contributed by atoms with E-state index in [1.807, 2.05) is 10.6 Å². The average molecular weight is 264 g/mol. The number of nitrogens with zero attached hydrogens (tertiary/aromatic N) is 2. The highest BCUT2D eigenvalue weighted by Gasteiger charge is 2.30. The van der Waals surface area contributed by atoms with Crippen molar-refractivity contribution in [2.45, 2.75) is 12.3 Å². The highest BCUT2D eigenvalue weighted by Crippen LogP contribution is 2.28. The van der Waals surface area contributed by atoms with E-state index in [1.165, 1.54) is 0 Å². The molecule has 0 aromatic carbocycles. The molecule has 18 heavy (non-hydrogen) atoms. The molecule has 2 aromatic rings. The van der Waals surface area contributed by atoms with Crippen LogP contribution in [0.3, 0.4) is 0 Å². The molecular weight excluding hydrogens is 252 g/mol. The standard InChI is InChI=1S/C12H12N2O3S/c15-7-9-1-3-14-6-11(13-12(14)5-9)10-2-4-18(16,17)8-10/h1,3,5-7,10H,2,4,8H2. The minimum absolute atomic E-state index is 0.0189. The largest absolute Gasteiger partial charge is 0.307 e. The lowest BCUT2D eigenvalue weighted by Crippen LogP contribution is -2.03. The number of sulfone groups is 1. The molecule has 1 saturated heterocycles. The summed E-state index contributed by atoms with van der Waals surface area (Å²) in [6, 6.07) is 3.40. The van der Waals surface area contributed by atoms with Crippen molar-refractivity contribution in [3.05, 3.63) is 35.8 Å². The Hall–Kier alpha value is -1.69. The summed E-state index contributed by atoms with van der Waals surface area (Å²) in [5, 5.41) is 0. The summed E-state index contributed by atoms with van der Waals surface area (Å²) < 4.78 is 24.7. The molecule has 1 unspecified atom stereocenters. The summed E-state index contributed by atoms with van der Waals surface area (Å²) in [6.45, 7) is 0. The van der Waals surface area contributed by atoms with Crippen molar-refractivity contribution >= 4 is 21.8 Å². The Kier molecular flexibility index (Phi) is 2.48. The molecule has 0 spiro atoms. The Morgan fingerprint density at radius 2 is 2.28 bits per heavy atom. The zero-order chi connectivity index (χ0) is 12.8. The number of carbonyl (C=O) groups excluding carboxylic acids is 1. The fourth-order valence-electron chi connectivity index (χ4n) is 2.32. The van der Waals surface area contributed by atoms with E-state index in [1.54, 1.807) is 18.3 Å². The van der Waals surface area contributed by atoms with Crippen LogP contribution in [0, 0.1) is 0 Å². The second-order valence-electron chi connectivity index (χ2n) is 4.61. The molecule has 0 amide bonds. The van der Waals surface area contributed by atoms with E-state index in [0.717, 1.165) is 12.0 Å². The molecular formula is C12H12N2O3S. The minimum Gasteiger partial charge on any atom is -0.307 e. The van der Waals surface area contributed by atoms with Crippen LogP contribution < -0.4 is 0 Å². The summed E-state index contributed by atoms with van der Waals surface area (Å²) in [5.74, 6) is 0.400. The number of aromatic nitrogens is 2. The smallest absolute Gasteiger partial charge is 0.151 e. The number of imidazole rings is 1. The summed E-state index contributed by atoms with van der Waals surface area (Å²) >= 11 is 0. The van der Waals surface area contributed by atoms with Gasteiger partial charge in [-0.05, 0) is 18.6 Å². The van der Waals surface area contributed by atoms with Crippen LogP contribution in [0.15, 0.2) is 24.5 Å². The molecule has 0 aliphatic carbocycles. The topological polar surface area (TPSA) is 68.5 Å². The first-order valence-electron chi connectivity index (χ1n) is 5.72. The van der Waals surface area contributed by atoms with E-state index < -0.39 is 9.84 Å². The van der Waals surface area contributed by atoms with Crippen LogP contribution in [0.1, 0.15) is 28.4 Å². The van der Waals surface area contributed by atoms with E-state index in [0.29, 0.717) is 17.6 Å². The van der Waals surface area contributed by atoms with E-state index >= 15 is 0 Å². The van der Waals surface area contributed by atoms with E-state index in [2.05, 4.69) is 4.98 Å². The number of hydrogen-bond donors (Lipinski definition) is 0. The Labute approximate surface area is 104 Å². The van der Waals surface area contributed by atoms with Crippen molar-refractivity contribution in [3.8, 4) is 0 Å². The SMILES string of the molecule is O=Cc1ccn2cc(C3CCS(=O)(=O)C3)nc2c1. The summed E-state index contributed by atoms with van der Waals surface area (Å²) in [6.07, 6.45) is 5.01. The Balaban J connectivity index is 2.01. The van der Waals surface area contributed by atoms with Crippen LogP contribution in [-0.2, 0) is 9.84 Å². The molecule has 1 fully saturated rings. The van der Waals surface area contributed by atoms with Crippen molar-refractivity contribution in [1.29, 1.82) is 0 Å². The first kappa shape index (κ1) is 11.4. The second-order valence-corrected chi connectivity index (χ2v) is 6.84. The van der Waals surface area contributed by atoms with Crippen molar-refractivity contribution < 1.29 is 13.2 Å². The highest BCUT2D eigenvalue weighted by atomic mass is 32.2. The molecule has 0 saturated carbocycles. The lowest BCUT2D eigenvalue weighted by molar-refractivity contribution is 0.112. The monoisotopic (exact) mass is 264 g/mol. The van der Waals surface area contributed by atoms with Crippen molar-refractivity contribution in [2.75, 3.05) is 11.5 Å². The van der Waals surface area contributed by atoms with Crippen molar-refractivity contribution in [2.24, 2.45) is 0 Å². The third-order valence-corrected chi connectivity index (χ3v) is 5.06. The summed E-state index contributed by atoms with van der Waals surface area (Å²) in [5.41, 5.74) is 2.04. The van der Waals surface area contributed by atoms with Gasteiger partial charge in [-0.3, -0.25) is 4.79 Å². The van der Waals surface area contributed by atoms with Crippen LogP contribution in [0.2, 0.25) is 0 Å². The number of hydrogen-bond acceptors (Lipinski definition) is 4. The maximum absolute atomic E-state index is 11.4. The quantitative estimate of drug-likeness (QED) is 0.760. The van der Waals surface area contributed by atoms with Crippen LogP contribution in [0.25, 0.3) is 5.65 Å². The van der Waals surface area contributed by atoms with Gasteiger partial charge in [0.05, 0.1) is 17.2 Å². The number of fused-ring (bicyclic) bond motifs is 1. The zero-order valence-electron chi connectivity index (χ0n) is 9.61. The average Bonchev–Trinajstić information content (AvgIpc) is 2.90. The van der Waals surface area contributed by atoms with Gasteiger partial charge in [0.15, 0.2) is 9.84 Å². The van der Waals surface area contributed by atoms with E-state index in [4.69, 9.17) is 0 Å². The Bertz CT molecular complexity index is 718. The van der Waals surface area contributed by atoms with Gasteiger partial charge >= 0.3 is 0 Å². The number of carbonyl (C=O) groups is 1. The molecule has 1 aliphatic heterocycles. The summed E-state index contributed by atoms with van der Waals surface area (Å²) in [4.78, 5) is 15.1. The molecule has 0 bridgehead atoms. The molecule has 1 aliphatic rings. The maximum Gasteiger partial charge on any atom is 0.151 e. The Morgan fingerprint density at radius 3 is 2.94 bits per heavy atom. The second kappa shape index (κ2) is 3.91. The molecule has 0 N–H and O–H groups in total. The van der Waals surface area contributed by atoms with Gasteiger partial charge in [-0.1, -0.05) is 0 Å². The van der Waals surface area contributed by atoms with Gasteiger partial charge in [0, 0.05) is 23.9 Å². The van der Waals surface area contributed by atoms with Gasteiger partial charge in [0.1, 0.15) is 11.9 Å². The number of rotatable bonds is 2. The molecule has 6 heteroatoms. The van der Waals surface area contributed by atoms with Crippen LogP contribution >= 0.6 is 0 Å². The Morgan fingerprint density at radius 1 is 1.44 bits per heavy atom. The molecule has 2 aromatic heterocycles. The van der Waals surface area contributed by atoms with Crippen molar-refractivity contribution in [1.82, 2.24) is 9.38 Å². The zero-order valence-corrected chi connectivity index (χ0v) is 10.4. The van der Waals surface area contributed by atoms with Crippen LogP contribution in [-0.4, -0.2) is 35.6 Å². The van der Waals surface area contributed by atoms with Crippen LogP contribution in [0.4, 0.5) is 0 Å². The molecule has 5 nitrogen and oxygen atoms in total. The van der Waals surface area contributed by atoms with Gasteiger partial charge in [0.2, 0.25) is 0 Å². The van der Waals surface area contributed by atoms with E-state index in [-0.39, 0.29) is 17.4 Å². The molecule has 3 rings (SSSR count). The third kappa shape index (κ3) is 1.92. The maximum atomic E-state index is 11.4. The predicted octanol–water partition coefficient (Wildman–Crippen LogP) is 1.05. The van der Waals surface area contributed by atoms with Gasteiger partial charge in [-0.2, -0.15) is 0 Å². The lowest BCUT2D eigenvalue weighted by atomic mass is 10.1. The molecule has 94 valence electrons. The molecule has 3 heterocycles. The fraction of sp³-hybridized carbons (Fsp3) is 0.333. The third-order valence-electron chi connectivity index (χ3n) is 3.29. The fourth-order valence-corrected chi connectivity index (χ4v) is 4.08. The highest BCUT2D eigenvalue weighted by molar-refractivity contribution is 7.91. The molecule has 0 radical (unpaired) electrons. The first-order valence-corrected chi connectivity index (χ1v) is 7.54. The van der Waals surface area contributed by atoms with E-state index in [9.17, 15) is 13.2 Å². The number of aldehydes is 1. The predicted molar refractivity (Wildman–Crippen MR) is 66.6 cm³/mol. The summed E-state index contributed by atoms with van der Waals surface area (Å²) in [7, 11) is -2.90. The van der Waals surface area contributed by atoms with Gasteiger partial charge in [0.25, 0.3) is 0 Å². The first-order chi connectivity index (χ1) is 8.57. The van der Waals surface area contributed by atoms with Crippen molar-refractivity contribution in [3.63, 3.8) is 0 Å².